The van der Waals surface area contributed by atoms with Gasteiger partial charge in [-0.1, -0.05) is 0 Å². The van der Waals surface area contributed by atoms with Gasteiger partial charge in [0.15, 0.2) is 11.9 Å². The van der Waals surface area contributed by atoms with Gasteiger partial charge in [0.1, 0.15) is 5.88 Å². The molecule has 4 nitrogen and oxygen atoms in total. The molecular weight excluding hydrogens is 208 g/mol. The summed E-state index contributed by atoms with van der Waals surface area (Å²) in [5.74, 6) is -0.427. The molecule has 0 heterocycles. The van der Waals surface area contributed by atoms with Crippen molar-refractivity contribution in [1.82, 2.24) is 0 Å². The van der Waals surface area contributed by atoms with Crippen molar-refractivity contribution in [2.75, 3.05) is 13.0 Å². The molecule has 0 amide bonds. The van der Waals surface area contributed by atoms with E-state index in [4.69, 9.17) is 21.1 Å². The third-order valence-electron chi connectivity index (χ3n) is 1.92. The molecule has 0 spiro atoms. The molecule has 1 rings (SSSR count). The number of esters is 1. The summed E-state index contributed by atoms with van der Waals surface area (Å²) >= 11 is 5.25. The van der Waals surface area contributed by atoms with Crippen LogP contribution in [0.2, 0.25) is 0 Å². The van der Waals surface area contributed by atoms with E-state index in [9.17, 15) is 9.59 Å². The van der Waals surface area contributed by atoms with Crippen molar-refractivity contribution in [2.24, 2.45) is 0 Å². The van der Waals surface area contributed by atoms with Gasteiger partial charge in [0, 0.05) is 12.5 Å². The summed E-state index contributed by atoms with van der Waals surface area (Å²) in [7, 11) is 1.50. The molecule has 78 valence electrons. The lowest BCUT2D eigenvalue weighted by molar-refractivity contribution is -0.152. The molecule has 14 heavy (non-hydrogen) atoms. The molecule has 0 aromatic rings. The summed E-state index contributed by atoms with van der Waals surface area (Å²) < 4.78 is 9.74. The van der Waals surface area contributed by atoms with E-state index in [0.29, 0.717) is 18.6 Å². The first kappa shape index (κ1) is 11.0. The number of rotatable bonds is 3. The smallest absolute Gasteiger partial charge is 0.321 e. The van der Waals surface area contributed by atoms with E-state index in [0.717, 1.165) is 0 Å². The maximum absolute atomic E-state index is 11.3. The fourth-order valence-corrected chi connectivity index (χ4v) is 1.27. The van der Waals surface area contributed by atoms with Crippen molar-refractivity contribution < 1.29 is 19.1 Å². The molecule has 1 atom stereocenters. The quantitative estimate of drug-likeness (QED) is 0.525. The van der Waals surface area contributed by atoms with Crippen LogP contribution in [-0.2, 0) is 19.1 Å². The van der Waals surface area contributed by atoms with Gasteiger partial charge in [-0.15, -0.1) is 11.6 Å². The van der Waals surface area contributed by atoms with Crippen LogP contribution < -0.4 is 0 Å². The van der Waals surface area contributed by atoms with Crippen LogP contribution >= 0.6 is 11.6 Å². The van der Waals surface area contributed by atoms with Crippen molar-refractivity contribution in [3.8, 4) is 0 Å². The van der Waals surface area contributed by atoms with Gasteiger partial charge >= 0.3 is 5.97 Å². The van der Waals surface area contributed by atoms with Crippen molar-refractivity contribution in [1.29, 1.82) is 0 Å². The lowest BCUT2D eigenvalue weighted by Gasteiger charge is -2.19. The fourth-order valence-electron chi connectivity index (χ4n) is 1.21. The van der Waals surface area contributed by atoms with Crippen LogP contribution in [0.25, 0.3) is 0 Å². The van der Waals surface area contributed by atoms with E-state index >= 15 is 0 Å². The Balaban J connectivity index is 2.55. The second-order valence-corrected chi connectivity index (χ2v) is 3.14. The Morgan fingerprint density at radius 3 is 2.93 bits per heavy atom. The maximum atomic E-state index is 11.3. The van der Waals surface area contributed by atoms with Gasteiger partial charge < -0.3 is 9.47 Å². The number of hydrogen-bond donors (Lipinski definition) is 0. The fraction of sp³-hybridized carbons (Fsp3) is 0.556. The van der Waals surface area contributed by atoms with E-state index in [-0.39, 0.29) is 11.7 Å². The minimum atomic E-state index is -0.694. The van der Waals surface area contributed by atoms with E-state index < -0.39 is 12.1 Å². The number of carbonyl (C=O) groups excluding carboxylic acids is 2. The number of carbonyl (C=O) groups is 2. The molecule has 0 radical (unpaired) electrons. The standard InChI is InChI=1S/C9H11ClO4/c1-13-6-2-3-8(7(11)4-6)14-9(12)5-10/h4,8H,2-3,5H2,1H3. The lowest BCUT2D eigenvalue weighted by Crippen LogP contribution is -2.29. The molecule has 0 N–H and O–H groups in total. The highest BCUT2D eigenvalue weighted by atomic mass is 35.5. The normalized spacial score (nSPS) is 21.4. The number of ether oxygens (including phenoxy) is 2. The first-order valence-electron chi connectivity index (χ1n) is 4.21. The second kappa shape index (κ2) is 5.00. The van der Waals surface area contributed by atoms with Gasteiger partial charge in [0.2, 0.25) is 0 Å². The summed E-state index contributed by atoms with van der Waals surface area (Å²) in [6, 6.07) is 0. The number of allylic oxidation sites excluding steroid dienone is 1. The van der Waals surface area contributed by atoms with E-state index in [1.54, 1.807) is 0 Å². The van der Waals surface area contributed by atoms with Crippen molar-refractivity contribution in [3.63, 3.8) is 0 Å². The minimum Gasteiger partial charge on any atom is -0.501 e. The third kappa shape index (κ3) is 2.73. The molecule has 1 aliphatic rings. The Bertz CT molecular complexity index is 272. The number of ketones is 1. The Kier molecular flexibility index (Phi) is 3.95. The Labute approximate surface area is 86.8 Å². The SMILES string of the molecule is COC1=CC(=O)C(OC(=O)CCl)CC1. The largest absolute Gasteiger partial charge is 0.501 e. The van der Waals surface area contributed by atoms with Crippen molar-refractivity contribution >= 4 is 23.4 Å². The molecule has 1 unspecified atom stereocenters. The lowest BCUT2D eigenvalue weighted by atomic mass is 10.0. The Morgan fingerprint density at radius 1 is 1.71 bits per heavy atom. The summed E-state index contributed by atoms with van der Waals surface area (Å²) in [4.78, 5) is 22.2. The van der Waals surface area contributed by atoms with Gasteiger partial charge in [-0.3, -0.25) is 9.59 Å². The van der Waals surface area contributed by atoms with Gasteiger partial charge in [0.25, 0.3) is 0 Å². The molecular formula is C9H11ClO4. The monoisotopic (exact) mass is 218 g/mol. The van der Waals surface area contributed by atoms with Crippen LogP contribution in [0.4, 0.5) is 0 Å². The van der Waals surface area contributed by atoms with Gasteiger partial charge in [-0.25, -0.2) is 0 Å². The zero-order valence-corrected chi connectivity index (χ0v) is 8.54. The number of hydrogen-bond acceptors (Lipinski definition) is 4. The van der Waals surface area contributed by atoms with Crippen LogP contribution in [0.15, 0.2) is 11.8 Å². The Morgan fingerprint density at radius 2 is 2.43 bits per heavy atom. The third-order valence-corrected chi connectivity index (χ3v) is 2.14. The predicted octanol–water partition coefficient (Wildman–Crippen LogP) is 1.03. The van der Waals surface area contributed by atoms with Crippen LogP contribution in [0.3, 0.4) is 0 Å². The van der Waals surface area contributed by atoms with Crippen LogP contribution in [0, 0.1) is 0 Å². The van der Waals surface area contributed by atoms with Crippen molar-refractivity contribution in [2.45, 2.75) is 18.9 Å². The van der Waals surface area contributed by atoms with Crippen LogP contribution in [-0.4, -0.2) is 30.8 Å². The molecule has 0 saturated carbocycles. The van der Waals surface area contributed by atoms with Gasteiger partial charge in [-0.2, -0.15) is 0 Å². The molecule has 0 bridgehead atoms. The van der Waals surface area contributed by atoms with Gasteiger partial charge in [0.05, 0.1) is 12.9 Å². The van der Waals surface area contributed by atoms with Crippen LogP contribution in [0.1, 0.15) is 12.8 Å². The highest BCUT2D eigenvalue weighted by Gasteiger charge is 2.25. The average molecular weight is 219 g/mol. The average Bonchev–Trinajstić information content (AvgIpc) is 2.20. The molecule has 5 heteroatoms. The minimum absolute atomic E-state index is 0.232. The highest BCUT2D eigenvalue weighted by molar-refractivity contribution is 6.26. The second-order valence-electron chi connectivity index (χ2n) is 2.87. The number of methoxy groups -OCH3 is 1. The van der Waals surface area contributed by atoms with Crippen molar-refractivity contribution in [3.05, 3.63) is 11.8 Å². The Hall–Kier alpha value is -1.03. The summed E-state index contributed by atoms with van der Waals surface area (Å²) in [5.41, 5.74) is 0. The predicted molar refractivity (Wildman–Crippen MR) is 49.9 cm³/mol. The number of alkyl halides is 1. The highest BCUT2D eigenvalue weighted by Crippen LogP contribution is 2.18. The summed E-state index contributed by atoms with van der Waals surface area (Å²) in [5, 5.41) is 0. The molecule has 0 aromatic heterocycles. The van der Waals surface area contributed by atoms with E-state index in [1.807, 2.05) is 0 Å². The molecule has 0 fully saturated rings. The summed E-state index contributed by atoms with van der Waals surface area (Å²) in [6.45, 7) is 0. The number of halogens is 1. The van der Waals surface area contributed by atoms with E-state index in [1.165, 1.54) is 13.2 Å². The first-order chi connectivity index (χ1) is 6.67. The van der Waals surface area contributed by atoms with Gasteiger partial charge in [-0.05, 0) is 6.42 Å². The molecule has 0 saturated heterocycles. The zero-order chi connectivity index (χ0) is 10.6. The topological polar surface area (TPSA) is 52.6 Å². The molecule has 0 aliphatic heterocycles. The zero-order valence-electron chi connectivity index (χ0n) is 7.79. The molecule has 0 aromatic carbocycles. The maximum Gasteiger partial charge on any atom is 0.321 e. The van der Waals surface area contributed by atoms with E-state index in [2.05, 4.69) is 0 Å². The van der Waals surface area contributed by atoms with Crippen LogP contribution in [0.5, 0.6) is 0 Å². The summed E-state index contributed by atoms with van der Waals surface area (Å²) in [6.07, 6.45) is 1.72. The molecule has 1 aliphatic carbocycles. The first-order valence-corrected chi connectivity index (χ1v) is 4.74.